The summed E-state index contributed by atoms with van der Waals surface area (Å²) in [5, 5.41) is 5.50. The molecule has 0 bridgehead atoms. The maximum absolute atomic E-state index is 12.0. The predicted molar refractivity (Wildman–Crippen MR) is 98.6 cm³/mol. The summed E-state index contributed by atoms with van der Waals surface area (Å²) in [6.07, 6.45) is -0.219. The van der Waals surface area contributed by atoms with Crippen molar-refractivity contribution in [2.45, 2.75) is 20.3 Å². The number of benzene rings is 2. The van der Waals surface area contributed by atoms with E-state index in [-0.39, 0.29) is 18.2 Å². The fourth-order valence-electron chi connectivity index (χ4n) is 2.34. The van der Waals surface area contributed by atoms with Gasteiger partial charge in [-0.1, -0.05) is 17.7 Å². The van der Waals surface area contributed by atoms with Crippen LogP contribution in [0, 0.1) is 13.8 Å². The average Bonchev–Trinajstić information content (AvgIpc) is 2.50. The second kappa shape index (κ2) is 7.64. The number of rotatable bonds is 5. The number of hydrogen-bond donors (Lipinski definition) is 2. The van der Waals surface area contributed by atoms with Crippen LogP contribution < -0.4 is 15.5 Å². The van der Waals surface area contributed by atoms with Gasteiger partial charge in [-0.05, 0) is 49.7 Å². The normalized spacial score (nSPS) is 10.2. The molecule has 5 nitrogen and oxygen atoms in total. The van der Waals surface area contributed by atoms with Crippen LogP contribution in [0.15, 0.2) is 42.5 Å². The third-order valence-electron chi connectivity index (χ3n) is 3.64. The second-order valence-electron chi connectivity index (χ2n) is 6.03. The van der Waals surface area contributed by atoms with Crippen molar-refractivity contribution in [2.75, 3.05) is 29.6 Å². The average molecular weight is 325 g/mol. The van der Waals surface area contributed by atoms with Gasteiger partial charge >= 0.3 is 0 Å². The smallest absolute Gasteiger partial charge is 0.233 e. The van der Waals surface area contributed by atoms with E-state index in [1.165, 1.54) is 0 Å². The molecule has 0 atom stereocenters. The second-order valence-corrected chi connectivity index (χ2v) is 6.03. The number of nitrogens with one attached hydrogen (secondary N) is 2. The summed E-state index contributed by atoms with van der Waals surface area (Å²) in [6.45, 7) is 3.92. The van der Waals surface area contributed by atoms with Crippen molar-refractivity contribution in [3.05, 3.63) is 53.6 Å². The lowest BCUT2D eigenvalue weighted by atomic mass is 10.1. The van der Waals surface area contributed by atoms with Gasteiger partial charge in [0.2, 0.25) is 11.8 Å². The Morgan fingerprint density at radius 3 is 2.12 bits per heavy atom. The summed E-state index contributed by atoms with van der Waals surface area (Å²) >= 11 is 0. The molecule has 0 saturated heterocycles. The third-order valence-corrected chi connectivity index (χ3v) is 3.64. The summed E-state index contributed by atoms with van der Waals surface area (Å²) in [7, 11) is 3.90. The first-order chi connectivity index (χ1) is 11.3. The highest BCUT2D eigenvalue weighted by Gasteiger charge is 2.11. The predicted octanol–water partition coefficient (Wildman–Crippen LogP) is 3.34. The van der Waals surface area contributed by atoms with Gasteiger partial charge in [-0.15, -0.1) is 0 Å². The van der Waals surface area contributed by atoms with Gasteiger partial charge in [-0.3, -0.25) is 9.59 Å². The number of amides is 2. The number of anilines is 3. The lowest BCUT2D eigenvalue weighted by Crippen LogP contribution is -2.21. The maximum atomic E-state index is 12.0. The van der Waals surface area contributed by atoms with E-state index in [0.717, 1.165) is 22.5 Å². The minimum absolute atomic E-state index is 0.219. The lowest BCUT2D eigenvalue weighted by Gasteiger charge is -2.13. The highest BCUT2D eigenvalue weighted by atomic mass is 16.2. The standard InChI is InChI=1S/C19H23N3O2/c1-13-5-10-17(14(2)11-13)21-19(24)12-18(23)20-15-6-8-16(9-7-15)22(3)4/h5-11H,12H2,1-4H3,(H,20,23)(H,21,24). The molecule has 2 aromatic rings. The summed E-state index contributed by atoms with van der Waals surface area (Å²) in [6, 6.07) is 13.2. The zero-order chi connectivity index (χ0) is 17.7. The van der Waals surface area contributed by atoms with E-state index in [1.807, 2.05) is 75.3 Å². The molecular formula is C19H23N3O2. The first-order valence-electron chi connectivity index (χ1n) is 7.79. The van der Waals surface area contributed by atoms with Crippen LogP contribution in [0.3, 0.4) is 0 Å². The Morgan fingerprint density at radius 2 is 1.54 bits per heavy atom. The van der Waals surface area contributed by atoms with Crippen molar-refractivity contribution in [1.29, 1.82) is 0 Å². The summed E-state index contributed by atoms with van der Waals surface area (Å²) < 4.78 is 0. The van der Waals surface area contributed by atoms with Crippen molar-refractivity contribution >= 4 is 28.9 Å². The van der Waals surface area contributed by atoms with E-state index in [9.17, 15) is 9.59 Å². The van der Waals surface area contributed by atoms with E-state index < -0.39 is 0 Å². The molecule has 0 fully saturated rings. The molecule has 0 aliphatic rings. The number of hydrogen-bond acceptors (Lipinski definition) is 3. The minimum Gasteiger partial charge on any atom is -0.378 e. The van der Waals surface area contributed by atoms with Crippen molar-refractivity contribution in [2.24, 2.45) is 0 Å². The third kappa shape index (κ3) is 4.84. The lowest BCUT2D eigenvalue weighted by molar-refractivity contribution is -0.123. The largest absolute Gasteiger partial charge is 0.378 e. The van der Waals surface area contributed by atoms with E-state index >= 15 is 0 Å². The number of carbonyl (C=O) groups excluding carboxylic acids is 2. The molecule has 2 amide bonds. The molecule has 2 aromatic carbocycles. The molecule has 0 saturated carbocycles. The zero-order valence-electron chi connectivity index (χ0n) is 14.5. The zero-order valence-corrected chi connectivity index (χ0v) is 14.5. The van der Waals surface area contributed by atoms with Crippen LogP contribution in [0.25, 0.3) is 0 Å². The first-order valence-corrected chi connectivity index (χ1v) is 7.79. The van der Waals surface area contributed by atoms with E-state index in [0.29, 0.717) is 5.69 Å². The van der Waals surface area contributed by atoms with Gasteiger partial charge in [0.1, 0.15) is 6.42 Å². The molecule has 0 unspecified atom stereocenters. The van der Waals surface area contributed by atoms with Gasteiger partial charge in [0.15, 0.2) is 0 Å². The van der Waals surface area contributed by atoms with Crippen molar-refractivity contribution in [3.63, 3.8) is 0 Å². The van der Waals surface area contributed by atoms with Gasteiger partial charge in [-0.25, -0.2) is 0 Å². The van der Waals surface area contributed by atoms with E-state index in [4.69, 9.17) is 0 Å². The summed E-state index contributed by atoms with van der Waals surface area (Å²) in [4.78, 5) is 26.0. The van der Waals surface area contributed by atoms with Gasteiger partial charge in [0.25, 0.3) is 0 Å². The van der Waals surface area contributed by atoms with Crippen LogP contribution >= 0.6 is 0 Å². The molecule has 0 spiro atoms. The fourth-order valence-corrected chi connectivity index (χ4v) is 2.34. The van der Waals surface area contributed by atoms with Gasteiger partial charge in [0, 0.05) is 31.2 Å². The molecule has 126 valence electrons. The Hall–Kier alpha value is -2.82. The van der Waals surface area contributed by atoms with Gasteiger partial charge < -0.3 is 15.5 Å². The Balaban J connectivity index is 1.90. The van der Waals surface area contributed by atoms with Crippen molar-refractivity contribution < 1.29 is 9.59 Å². The molecule has 5 heteroatoms. The van der Waals surface area contributed by atoms with E-state index in [2.05, 4.69) is 10.6 Å². The molecule has 0 heterocycles. The van der Waals surface area contributed by atoms with E-state index in [1.54, 1.807) is 0 Å². The number of carbonyl (C=O) groups is 2. The highest BCUT2D eigenvalue weighted by Crippen LogP contribution is 2.17. The van der Waals surface area contributed by atoms with Crippen molar-refractivity contribution in [1.82, 2.24) is 0 Å². The van der Waals surface area contributed by atoms with Crippen molar-refractivity contribution in [3.8, 4) is 0 Å². The molecule has 0 radical (unpaired) electrons. The Bertz CT molecular complexity index is 737. The maximum Gasteiger partial charge on any atom is 0.233 e. The first kappa shape index (κ1) is 17.5. The number of aryl methyl sites for hydroxylation is 2. The van der Waals surface area contributed by atoms with Gasteiger partial charge in [-0.2, -0.15) is 0 Å². The van der Waals surface area contributed by atoms with Crippen LogP contribution in [0.4, 0.5) is 17.1 Å². The molecule has 2 rings (SSSR count). The monoisotopic (exact) mass is 325 g/mol. The van der Waals surface area contributed by atoms with Gasteiger partial charge in [0.05, 0.1) is 0 Å². The highest BCUT2D eigenvalue weighted by molar-refractivity contribution is 6.08. The van der Waals surface area contributed by atoms with Crippen LogP contribution in [0.1, 0.15) is 17.5 Å². The minimum atomic E-state index is -0.338. The SMILES string of the molecule is Cc1ccc(NC(=O)CC(=O)Nc2ccc(N(C)C)cc2)c(C)c1. The van der Waals surface area contributed by atoms with Crippen LogP contribution in [0.5, 0.6) is 0 Å². The molecule has 0 aliphatic carbocycles. The Labute approximate surface area is 142 Å². The quantitative estimate of drug-likeness (QED) is 0.829. The molecular weight excluding hydrogens is 302 g/mol. The summed E-state index contributed by atoms with van der Waals surface area (Å²) in [5.74, 6) is -0.667. The number of nitrogens with zero attached hydrogens (tertiary/aromatic N) is 1. The molecule has 0 aromatic heterocycles. The molecule has 24 heavy (non-hydrogen) atoms. The summed E-state index contributed by atoms with van der Waals surface area (Å²) in [5.41, 5.74) is 4.55. The Kier molecular flexibility index (Phi) is 5.58. The topological polar surface area (TPSA) is 61.4 Å². The van der Waals surface area contributed by atoms with Crippen LogP contribution in [-0.4, -0.2) is 25.9 Å². The van der Waals surface area contributed by atoms with Crippen LogP contribution in [0.2, 0.25) is 0 Å². The van der Waals surface area contributed by atoms with Crippen LogP contribution in [-0.2, 0) is 9.59 Å². The Morgan fingerprint density at radius 1 is 0.917 bits per heavy atom. The fraction of sp³-hybridized carbons (Fsp3) is 0.263. The molecule has 0 aliphatic heterocycles. The molecule has 2 N–H and O–H groups in total.